The fourth-order valence-electron chi connectivity index (χ4n) is 2.04. The van der Waals surface area contributed by atoms with E-state index in [2.05, 4.69) is 5.32 Å². The van der Waals surface area contributed by atoms with Crippen LogP contribution in [-0.4, -0.2) is 37.2 Å². The molecule has 112 valence electrons. The van der Waals surface area contributed by atoms with Gasteiger partial charge in [-0.3, -0.25) is 14.9 Å². The lowest BCUT2D eigenvalue weighted by Crippen LogP contribution is -2.52. The number of methoxy groups -OCH3 is 2. The van der Waals surface area contributed by atoms with E-state index in [0.717, 1.165) is 0 Å². The Hall–Kier alpha value is -2.81. The van der Waals surface area contributed by atoms with Gasteiger partial charge >= 0.3 is 6.03 Å². The van der Waals surface area contributed by atoms with E-state index in [1.165, 1.54) is 26.4 Å². The second-order valence-corrected chi connectivity index (χ2v) is 4.24. The highest BCUT2D eigenvalue weighted by Gasteiger charge is 2.52. The van der Waals surface area contributed by atoms with E-state index in [9.17, 15) is 19.5 Å². The molecule has 1 aromatic carbocycles. The number of anilines is 1. The van der Waals surface area contributed by atoms with E-state index in [1.807, 2.05) is 0 Å². The van der Waals surface area contributed by atoms with Crippen LogP contribution in [0.5, 0.6) is 11.5 Å². The Labute approximate surface area is 119 Å². The minimum absolute atomic E-state index is 0.0658. The Morgan fingerprint density at radius 3 is 2.38 bits per heavy atom. The molecule has 0 saturated heterocycles. The van der Waals surface area contributed by atoms with E-state index in [1.54, 1.807) is 5.32 Å². The summed E-state index contributed by atoms with van der Waals surface area (Å²) in [6, 6.07) is 1.48. The molecule has 1 aliphatic rings. The van der Waals surface area contributed by atoms with Crippen LogP contribution in [-0.2, 0) is 15.2 Å². The van der Waals surface area contributed by atoms with Gasteiger partial charge in [0.2, 0.25) is 0 Å². The van der Waals surface area contributed by atoms with Crippen molar-refractivity contribution in [2.24, 2.45) is 5.73 Å². The van der Waals surface area contributed by atoms with Crippen molar-refractivity contribution in [2.75, 3.05) is 19.5 Å². The lowest BCUT2D eigenvalue weighted by Gasteiger charge is -2.19. The third-order valence-electron chi connectivity index (χ3n) is 3.06. The first-order valence-corrected chi connectivity index (χ1v) is 5.75. The maximum Gasteiger partial charge on any atom is 0.318 e. The Morgan fingerprint density at radius 2 is 1.86 bits per heavy atom. The molecule has 0 bridgehead atoms. The van der Waals surface area contributed by atoms with Crippen LogP contribution in [0.1, 0.15) is 5.56 Å². The van der Waals surface area contributed by atoms with Crippen LogP contribution in [0.15, 0.2) is 12.1 Å². The van der Waals surface area contributed by atoms with Crippen LogP contribution in [0.3, 0.4) is 0 Å². The molecule has 5 N–H and O–H groups in total. The van der Waals surface area contributed by atoms with Gasteiger partial charge in [-0.25, -0.2) is 4.79 Å². The number of aliphatic hydroxyl groups is 1. The molecule has 0 saturated carbocycles. The quantitative estimate of drug-likeness (QED) is 0.529. The van der Waals surface area contributed by atoms with E-state index >= 15 is 0 Å². The molecule has 1 atom stereocenters. The maximum atomic E-state index is 11.9. The number of carbonyl (C=O) groups excluding carboxylic acids is 3. The number of rotatable bonds is 3. The molecule has 1 heterocycles. The lowest BCUT2D eigenvalue weighted by molar-refractivity contribution is -0.149. The topological polar surface area (TPSA) is 140 Å². The van der Waals surface area contributed by atoms with Crippen LogP contribution in [0, 0.1) is 0 Å². The number of nitrogens with two attached hydrogens (primary N) is 1. The summed E-state index contributed by atoms with van der Waals surface area (Å²) in [5.74, 6) is -1.75. The molecule has 21 heavy (non-hydrogen) atoms. The molecule has 0 radical (unpaired) electrons. The molecule has 0 aromatic heterocycles. The second-order valence-electron chi connectivity index (χ2n) is 4.24. The molecule has 1 aromatic rings. The first kappa shape index (κ1) is 14.6. The minimum atomic E-state index is -2.58. The molecule has 2 rings (SSSR count). The Balaban J connectivity index is 2.56. The van der Waals surface area contributed by atoms with Gasteiger partial charge in [0.1, 0.15) is 0 Å². The summed E-state index contributed by atoms with van der Waals surface area (Å²) in [6.45, 7) is 0. The number of nitrogens with one attached hydrogen (secondary N) is 2. The average molecular weight is 295 g/mol. The predicted molar refractivity (Wildman–Crippen MR) is 69.8 cm³/mol. The van der Waals surface area contributed by atoms with Gasteiger partial charge in [-0.2, -0.15) is 0 Å². The van der Waals surface area contributed by atoms with Crippen LogP contribution >= 0.6 is 0 Å². The molecule has 9 nitrogen and oxygen atoms in total. The monoisotopic (exact) mass is 295 g/mol. The summed E-state index contributed by atoms with van der Waals surface area (Å²) >= 11 is 0. The lowest BCUT2D eigenvalue weighted by atomic mass is 9.94. The van der Waals surface area contributed by atoms with Crippen molar-refractivity contribution in [3.63, 3.8) is 0 Å². The van der Waals surface area contributed by atoms with Gasteiger partial charge in [0, 0.05) is 11.6 Å². The smallest absolute Gasteiger partial charge is 0.318 e. The summed E-state index contributed by atoms with van der Waals surface area (Å²) in [4.78, 5) is 34.6. The maximum absolute atomic E-state index is 11.9. The molecule has 0 aliphatic carbocycles. The predicted octanol–water partition coefficient (Wildman–Crippen LogP) is -0.962. The first-order valence-electron chi connectivity index (χ1n) is 5.75. The Morgan fingerprint density at radius 1 is 1.29 bits per heavy atom. The number of ether oxygens (including phenoxy) is 2. The Bertz CT molecular complexity index is 644. The zero-order valence-electron chi connectivity index (χ0n) is 11.2. The van der Waals surface area contributed by atoms with Crippen LogP contribution in [0.2, 0.25) is 0 Å². The summed E-state index contributed by atoms with van der Waals surface area (Å²) < 4.78 is 10.1. The van der Waals surface area contributed by atoms with Gasteiger partial charge in [-0.15, -0.1) is 0 Å². The normalized spacial score (nSPS) is 19.5. The van der Waals surface area contributed by atoms with E-state index in [0.29, 0.717) is 5.75 Å². The molecule has 1 unspecified atom stereocenters. The van der Waals surface area contributed by atoms with Crippen LogP contribution < -0.4 is 25.8 Å². The highest BCUT2D eigenvalue weighted by atomic mass is 16.5. The van der Waals surface area contributed by atoms with Crippen LogP contribution in [0.25, 0.3) is 0 Å². The molecule has 1 aliphatic heterocycles. The molecule has 4 amide bonds. The van der Waals surface area contributed by atoms with Crippen molar-refractivity contribution in [1.82, 2.24) is 5.32 Å². The van der Waals surface area contributed by atoms with Crippen molar-refractivity contribution in [2.45, 2.75) is 5.60 Å². The average Bonchev–Trinajstić information content (AvgIpc) is 2.69. The third kappa shape index (κ3) is 2.13. The summed E-state index contributed by atoms with van der Waals surface area (Å²) in [5, 5.41) is 14.4. The minimum Gasteiger partial charge on any atom is -0.493 e. The van der Waals surface area contributed by atoms with Crippen molar-refractivity contribution in [1.29, 1.82) is 0 Å². The van der Waals surface area contributed by atoms with Crippen LogP contribution in [0.4, 0.5) is 10.5 Å². The fraction of sp³-hybridized carbons (Fsp3) is 0.250. The highest BCUT2D eigenvalue weighted by molar-refractivity contribution is 6.21. The standard InChI is InChI=1S/C12H13N3O6/c1-20-7-3-5-6(4-8(7)21-2)14-9(16)12(5,19)10(17)15-11(13)18/h3-4,19H,1-2H3,(H,14,16)(H3,13,15,17,18). The second kappa shape index (κ2) is 4.94. The number of amides is 4. The zero-order chi connectivity index (χ0) is 15.8. The molecule has 9 heteroatoms. The Kier molecular flexibility index (Phi) is 3.44. The van der Waals surface area contributed by atoms with Gasteiger partial charge in [0.05, 0.1) is 19.9 Å². The summed E-state index contributed by atoms with van der Waals surface area (Å²) in [7, 11) is 2.75. The molecule has 0 spiro atoms. The van der Waals surface area contributed by atoms with E-state index < -0.39 is 23.4 Å². The highest BCUT2D eigenvalue weighted by Crippen LogP contribution is 2.42. The molecular formula is C12H13N3O6. The number of primary amides is 1. The van der Waals surface area contributed by atoms with Gasteiger partial charge in [0.25, 0.3) is 17.4 Å². The number of fused-ring (bicyclic) bond motifs is 1. The largest absolute Gasteiger partial charge is 0.493 e. The number of hydrogen-bond donors (Lipinski definition) is 4. The number of urea groups is 1. The van der Waals surface area contributed by atoms with Crippen molar-refractivity contribution in [3.8, 4) is 11.5 Å². The SMILES string of the molecule is COc1cc2c(cc1OC)C(O)(C(=O)NC(N)=O)C(=O)N2. The zero-order valence-corrected chi connectivity index (χ0v) is 11.2. The number of carbonyl (C=O) groups is 3. The molecule has 0 fully saturated rings. The third-order valence-corrected chi connectivity index (χ3v) is 3.06. The van der Waals surface area contributed by atoms with Crippen molar-refractivity contribution < 1.29 is 29.0 Å². The fourth-order valence-corrected chi connectivity index (χ4v) is 2.04. The van der Waals surface area contributed by atoms with Crippen molar-refractivity contribution in [3.05, 3.63) is 17.7 Å². The number of benzene rings is 1. The first-order chi connectivity index (χ1) is 9.84. The summed E-state index contributed by atoms with van der Waals surface area (Å²) in [6.07, 6.45) is 0. The summed E-state index contributed by atoms with van der Waals surface area (Å²) in [5.41, 5.74) is 2.35. The van der Waals surface area contributed by atoms with Gasteiger partial charge < -0.3 is 25.6 Å². The number of imide groups is 1. The van der Waals surface area contributed by atoms with Gasteiger partial charge in [-0.05, 0) is 6.07 Å². The van der Waals surface area contributed by atoms with Crippen molar-refractivity contribution >= 4 is 23.5 Å². The van der Waals surface area contributed by atoms with Gasteiger partial charge in [0.15, 0.2) is 11.5 Å². The van der Waals surface area contributed by atoms with E-state index in [-0.39, 0.29) is 17.0 Å². The number of hydrogen-bond acceptors (Lipinski definition) is 6. The molecular weight excluding hydrogens is 282 g/mol. The van der Waals surface area contributed by atoms with E-state index in [4.69, 9.17) is 15.2 Å². The van der Waals surface area contributed by atoms with Gasteiger partial charge in [-0.1, -0.05) is 0 Å².